The molecule has 1 N–H and O–H groups in total. The van der Waals surface area contributed by atoms with Gasteiger partial charge >= 0.3 is 0 Å². The van der Waals surface area contributed by atoms with Crippen molar-refractivity contribution >= 4 is 17.3 Å². The lowest BCUT2D eigenvalue weighted by molar-refractivity contribution is 0.0976. The third-order valence-corrected chi connectivity index (χ3v) is 5.38. The molecule has 1 unspecified atom stereocenters. The highest BCUT2D eigenvalue weighted by atomic mass is 16.2. The number of amides is 1. The standard InChI is InChI=1S/C21H25N3O/c1-15-13-16-7-5-6-10-20(16)24(15)21(25)19-12-11-18(14-22-19)23-17-8-3-2-4-9-17/h5-7,10-12,14-15,17,23H,2-4,8-9,13H2,1H3. The zero-order valence-corrected chi connectivity index (χ0v) is 14.7. The van der Waals surface area contributed by atoms with Crippen LogP contribution >= 0.6 is 0 Å². The van der Waals surface area contributed by atoms with Crippen LogP contribution in [-0.2, 0) is 6.42 Å². The van der Waals surface area contributed by atoms with Crippen LogP contribution in [0.25, 0.3) is 0 Å². The first-order chi connectivity index (χ1) is 12.2. The van der Waals surface area contributed by atoms with Gasteiger partial charge in [-0.25, -0.2) is 4.98 Å². The van der Waals surface area contributed by atoms with Gasteiger partial charge < -0.3 is 10.2 Å². The van der Waals surface area contributed by atoms with Crippen molar-refractivity contribution in [2.24, 2.45) is 0 Å². The lowest BCUT2D eigenvalue weighted by Gasteiger charge is -2.24. The van der Waals surface area contributed by atoms with Crippen LogP contribution in [0.2, 0.25) is 0 Å². The van der Waals surface area contributed by atoms with E-state index < -0.39 is 0 Å². The fourth-order valence-electron chi connectivity index (χ4n) is 4.09. The molecule has 0 saturated heterocycles. The Balaban J connectivity index is 1.49. The summed E-state index contributed by atoms with van der Waals surface area (Å²) in [6.07, 6.45) is 9.10. The van der Waals surface area contributed by atoms with Gasteiger partial charge in [0, 0.05) is 17.8 Å². The Morgan fingerprint density at radius 2 is 1.92 bits per heavy atom. The molecule has 1 aromatic heterocycles. The number of carbonyl (C=O) groups is 1. The van der Waals surface area contributed by atoms with Gasteiger partial charge in [0.05, 0.1) is 11.9 Å². The molecule has 4 nitrogen and oxygen atoms in total. The second-order valence-corrected chi connectivity index (χ2v) is 7.27. The molecular formula is C21H25N3O. The van der Waals surface area contributed by atoms with E-state index >= 15 is 0 Å². The zero-order valence-electron chi connectivity index (χ0n) is 14.7. The maximum atomic E-state index is 13.0. The Morgan fingerprint density at radius 3 is 2.68 bits per heavy atom. The molecule has 2 aliphatic rings. The number of pyridine rings is 1. The number of nitrogens with one attached hydrogen (secondary N) is 1. The van der Waals surface area contributed by atoms with Crippen LogP contribution in [0, 0.1) is 0 Å². The first-order valence-electron chi connectivity index (χ1n) is 9.36. The summed E-state index contributed by atoms with van der Waals surface area (Å²) in [5, 5.41) is 3.55. The van der Waals surface area contributed by atoms with E-state index in [0.29, 0.717) is 11.7 Å². The third-order valence-electron chi connectivity index (χ3n) is 5.38. The number of benzene rings is 1. The topological polar surface area (TPSA) is 45.2 Å². The minimum Gasteiger partial charge on any atom is -0.381 e. The van der Waals surface area contributed by atoms with Crippen molar-refractivity contribution in [2.75, 3.05) is 10.2 Å². The number of carbonyl (C=O) groups excluding carboxylic acids is 1. The van der Waals surface area contributed by atoms with Crippen LogP contribution < -0.4 is 10.2 Å². The Morgan fingerprint density at radius 1 is 1.12 bits per heavy atom. The molecule has 0 spiro atoms. The highest BCUT2D eigenvalue weighted by Crippen LogP contribution is 2.33. The highest BCUT2D eigenvalue weighted by molar-refractivity contribution is 6.06. The van der Waals surface area contributed by atoms with E-state index in [1.54, 1.807) is 6.20 Å². The summed E-state index contributed by atoms with van der Waals surface area (Å²) in [7, 11) is 0. The van der Waals surface area contributed by atoms with Crippen molar-refractivity contribution in [3.63, 3.8) is 0 Å². The molecule has 1 fully saturated rings. The van der Waals surface area contributed by atoms with Crippen molar-refractivity contribution in [3.05, 3.63) is 53.9 Å². The van der Waals surface area contributed by atoms with Gasteiger partial charge in [-0.15, -0.1) is 0 Å². The number of hydrogen-bond donors (Lipinski definition) is 1. The number of aromatic nitrogens is 1. The number of para-hydroxylation sites is 1. The van der Waals surface area contributed by atoms with Crippen LogP contribution in [0.3, 0.4) is 0 Å². The summed E-state index contributed by atoms with van der Waals surface area (Å²) >= 11 is 0. The smallest absolute Gasteiger partial charge is 0.277 e. The first-order valence-corrected chi connectivity index (χ1v) is 9.36. The largest absolute Gasteiger partial charge is 0.381 e. The summed E-state index contributed by atoms with van der Waals surface area (Å²) in [6.45, 7) is 2.09. The predicted octanol–water partition coefficient (Wildman–Crippen LogP) is 4.42. The van der Waals surface area contributed by atoms with E-state index in [1.165, 1.54) is 37.7 Å². The summed E-state index contributed by atoms with van der Waals surface area (Å²) < 4.78 is 0. The maximum Gasteiger partial charge on any atom is 0.277 e. The summed E-state index contributed by atoms with van der Waals surface area (Å²) in [6, 6.07) is 12.7. The minimum atomic E-state index is -0.0123. The van der Waals surface area contributed by atoms with E-state index in [0.717, 1.165) is 17.8 Å². The van der Waals surface area contributed by atoms with Gasteiger partial charge in [-0.1, -0.05) is 37.5 Å². The Kier molecular flexibility index (Phi) is 4.43. The van der Waals surface area contributed by atoms with E-state index in [2.05, 4.69) is 23.3 Å². The lowest BCUT2D eigenvalue weighted by Crippen LogP contribution is -2.36. The summed E-state index contributed by atoms with van der Waals surface area (Å²) in [5.41, 5.74) is 3.78. The minimum absolute atomic E-state index is 0.0123. The van der Waals surface area contributed by atoms with E-state index in [-0.39, 0.29) is 11.9 Å². The SMILES string of the molecule is CC1Cc2ccccc2N1C(=O)c1ccc(NC2CCCCC2)cn1. The molecule has 4 heteroatoms. The zero-order chi connectivity index (χ0) is 17.2. The molecule has 25 heavy (non-hydrogen) atoms. The van der Waals surface area contributed by atoms with E-state index in [1.807, 2.05) is 35.2 Å². The monoisotopic (exact) mass is 335 g/mol. The maximum absolute atomic E-state index is 13.0. The molecular weight excluding hydrogens is 310 g/mol. The van der Waals surface area contributed by atoms with E-state index in [9.17, 15) is 4.79 Å². The second-order valence-electron chi connectivity index (χ2n) is 7.27. The molecule has 1 amide bonds. The van der Waals surface area contributed by atoms with Gasteiger partial charge in [0.2, 0.25) is 0 Å². The molecule has 0 bridgehead atoms. The van der Waals surface area contributed by atoms with Crippen LogP contribution in [-0.4, -0.2) is 23.0 Å². The van der Waals surface area contributed by atoms with Crippen molar-refractivity contribution in [1.82, 2.24) is 4.98 Å². The number of fused-ring (bicyclic) bond motifs is 1. The molecule has 1 aliphatic carbocycles. The first kappa shape index (κ1) is 16.1. The van der Waals surface area contributed by atoms with Crippen molar-refractivity contribution in [2.45, 2.75) is 57.5 Å². The number of rotatable bonds is 3. The van der Waals surface area contributed by atoms with Gasteiger partial charge in [-0.2, -0.15) is 0 Å². The predicted molar refractivity (Wildman–Crippen MR) is 101 cm³/mol. The molecule has 130 valence electrons. The summed E-state index contributed by atoms with van der Waals surface area (Å²) in [4.78, 5) is 19.3. The second kappa shape index (κ2) is 6.87. The Hall–Kier alpha value is -2.36. The Labute approximate surface area is 149 Å². The van der Waals surface area contributed by atoms with Gasteiger partial charge in [-0.05, 0) is 49.9 Å². The third kappa shape index (κ3) is 3.26. The van der Waals surface area contributed by atoms with Gasteiger partial charge in [-0.3, -0.25) is 4.79 Å². The quantitative estimate of drug-likeness (QED) is 0.903. The number of anilines is 2. The molecule has 1 atom stereocenters. The van der Waals surface area contributed by atoms with Crippen LogP contribution in [0.15, 0.2) is 42.6 Å². The van der Waals surface area contributed by atoms with Gasteiger partial charge in [0.25, 0.3) is 5.91 Å². The molecule has 2 aromatic rings. The normalized spacial score (nSPS) is 20.4. The molecule has 1 aliphatic heterocycles. The molecule has 2 heterocycles. The average molecular weight is 335 g/mol. The molecule has 0 radical (unpaired) electrons. The van der Waals surface area contributed by atoms with Gasteiger partial charge in [0.1, 0.15) is 5.69 Å². The van der Waals surface area contributed by atoms with Crippen LogP contribution in [0.1, 0.15) is 55.1 Å². The highest BCUT2D eigenvalue weighted by Gasteiger charge is 2.31. The lowest BCUT2D eigenvalue weighted by atomic mass is 9.95. The molecule has 1 aromatic carbocycles. The van der Waals surface area contributed by atoms with Gasteiger partial charge in [0.15, 0.2) is 0 Å². The average Bonchev–Trinajstić information content (AvgIpc) is 2.98. The fourth-order valence-corrected chi connectivity index (χ4v) is 4.09. The Bertz CT molecular complexity index is 750. The van der Waals surface area contributed by atoms with Crippen molar-refractivity contribution < 1.29 is 4.79 Å². The van der Waals surface area contributed by atoms with Crippen molar-refractivity contribution in [3.8, 4) is 0 Å². The number of hydrogen-bond acceptors (Lipinski definition) is 3. The van der Waals surface area contributed by atoms with E-state index in [4.69, 9.17) is 0 Å². The van der Waals surface area contributed by atoms with Crippen LogP contribution in [0.4, 0.5) is 11.4 Å². The summed E-state index contributed by atoms with van der Waals surface area (Å²) in [5.74, 6) is -0.0123. The fraction of sp³-hybridized carbons (Fsp3) is 0.429. The molecule has 4 rings (SSSR count). The van der Waals surface area contributed by atoms with Crippen LogP contribution in [0.5, 0.6) is 0 Å². The number of nitrogens with zero attached hydrogens (tertiary/aromatic N) is 2. The van der Waals surface area contributed by atoms with Crippen molar-refractivity contribution in [1.29, 1.82) is 0 Å². The molecule has 1 saturated carbocycles.